The highest BCUT2D eigenvalue weighted by molar-refractivity contribution is 6.04. The molecule has 1 amide bonds. The number of likely N-dealkylation sites (N-methyl/N-ethyl adjacent to an activating group) is 1. The van der Waals surface area contributed by atoms with Gasteiger partial charge in [-0.1, -0.05) is 12.1 Å². The number of fused-ring (bicyclic) bond motifs is 1. The molecule has 1 saturated heterocycles. The molecule has 6 heteroatoms. The van der Waals surface area contributed by atoms with E-state index in [2.05, 4.69) is 11.9 Å². The highest BCUT2D eigenvalue weighted by Crippen LogP contribution is 2.29. The molecule has 0 unspecified atom stereocenters. The van der Waals surface area contributed by atoms with Crippen LogP contribution in [0.2, 0.25) is 0 Å². The molecular formula is C23H25N5O. The summed E-state index contributed by atoms with van der Waals surface area (Å²) in [6.07, 6.45) is 1.28. The minimum absolute atomic E-state index is 0.0819. The standard InChI is InChI=1S/C23H25N5O/c1-15-13-21(26-20-8-7-19(25)18(14-24)22(15)20)16-3-5-17(6-4-16)23(29)28-11-9-27(2)10-12-28/h3-8,13-14,24H,9-12,25H2,1-2H3. The molecule has 1 aliphatic rings. The van der Waals surface area contributed by atoms with Crippen LogP contribution in [0.15, 0.2) is 42.5 Å². The van der Waals surface area contributed by atoms with Crippen molar-refractivity contribution in [2.75, 3.05) is 39.0 Å². The van der Waals surface area contributed by atoms with Crippen LogP contribution in [0, 0.1) is 12.3 Å². The lowest BCUT2D eigenvalue weighted by Gasteiger charge is -2.32. The van der Waals surface area contributed by atoms with Crippen molar-refractivity contribution in [1.82, 2.24) is 14.8 Å². The van der Waals surface area contributed by atoms with E-state index in [1.165, 1.54) is 6.21 Å². The van der Waals surface area contributed by atoms with Crippen LogP contribution < -0.4 is 5.73 Å². The van der Waals surface area contributed by atoms with Crippen molar-refractivity contribution in [2.24, 2.45) is 0 Å². The number of pyridine rings is 1. The Balaban J connectivity index is 1.64. The number of rotatable bonds is 3. The van der Waals surface area contributed by atoms with Gasteiger partial charge in [0.15, 0.2) is 0 Å². The molecule has 3 N–H and O–H groups in total. The van der Waals surface area contributed by atoms with Crippen LogP contribution in [0.5, 0.6) is 0 Å². The number of nitrogen functional groups attached to an aromatic ring is 1. The van der Waals surface area contributed by atoms with Gasteiger partial charge >= 0.3 is 0 Å². The second-order valence-corrected chi connectivity index (χ2v) is 7.60. The van der Waals surface area contributed by atoms with Gasteiger partial charge in [0.05, 0.1) is 11.2 Å². The number of carbonyl (C=O) groups excluding carboxylic acids is 1. The minimum atomic E-state index is 0.0819. The van der Waals surface area contributed by atoms with Gasteiger partial charge in [0.2, 0.25) is 0 Å². The number of amides is 1. The van der Waals surface area contributed by atoms with Crippen molar-refractivity contribution >= 4 is 28.7 Å². The van der Waals surface area contributed by atoms with E-state index in [1.807, 2.05) is 48.2 Å². The van der Waals surface area contributed by atoms with Crippen LogP contribution in [-0.4, -0.2) is 60.1 Å². The predicted octanol–water partition coefficient (Wildman–Crippen LogP) is 3.18. The Morgan fingerprint density at radius 1 is 1.10 bits per heavy atom. The van der Waals surface area contributed by atoms with Crippen LogP contribution in [0.1, 0.15) is 21.5 Å². The number of nitrogens with zero attached hydrogens (tertiary/aromatic N) is 3. The molecule has 1 aliphatic heterocycles. The second kappa shape index (κ2) is 7.64. The lowest BCUT2D eigenvalue weighted by Crippen LogP contribution is -2.47. The van der Waals surface area contributed by atoms with Crippen LogP contribution in [0.4, 0.5) is 5.69 Å². The van der Waals surface area contributed by atoms with Crippen molar-refractivity contribution in [2.45, 2.75) is 6.92 Å². The van der Waals surface area contributed by atoms with Crippen molar-refractivity contribution < 1.29 is 4.79 Å². The number of aryl methyl sites for hydroxylation is 1. The first-order valence-electron chi connectivity index (χ1n) is 9.76. The maximum atomic E-state index is 12.7. The second-order valence-electron chi connectivity index (χ2n) is 7.60. The zero-order valence-corrected chi connectivity index (χ0v) is 16.8. The first-order chi connectivity index (χ1) is 14.0. The van der Waals surface area contributed by atoms with Gasteiger partial charge in [-0.05, 0) is 49.9 Å². The summed E-state index contributed by atoms with van der Waals surface area (Å²) in [5.74, 6) is 0.0819. The topological polar surface area (TPSA) is 86.3 Å². The highest BCUT2D eigenvalue weighted by atomic mass is 16.2. The maximum Gasteiger partial charge on any atom is 0.253 e. The number of benzene rings is 2. The Bertz CT molecular complexity index is 1080. The van der Waals surface area contributed by atoms with Gasteiger partial charge in [0.25, 0.3) is 5.91 Å². The molecule has 148 valence electrons. The van der Waals surface area contributed by atoms with E-state index in [1.54, 1.807) is 6.07 Å². The normalized spacial score (nSPS) is 14.9. The molecule has 0 bridgehead atoms. The van der Waals surface area contributed by atoms with E-state index in [-0.39, 0.29) is 5.91 Å². The molecule has 0 radical (unpaired) electrons. The summed E-state index contributed by atoms with van der Waals surface area (Å²) < 4.78 is 0. The van der Waals surface area contributed by atoms with Crippen LogP contribution in [0.3, 0.4) is 0 Å². The third-order valence-corrected chi connectivity index (χ3v) is 5.61. The lowest BCUT2D eigenvalue weighted by molar-refractivity contribution is 0.0664. The number of nitrogens with two attached hydrogens (primary N) is 1. The van der Waals surface area contributed by atoms with Gasteiger partial charge in [-0.15, -0.1) is 0 Å². The third kappa shape index (κ3) is 3.59. The van der Waals surface area contributed by atoms with Gasteiger partial charge in [-0.25, -0.2) is 4.98 Å². The zero-order valence-electron chi connectivity index (χ0n) is 16.8. The summed E-state index contributed by atoms with van der Waals surface area (Å²) >= 11 is 0. The lowest BCUT2D eigenvalue weighted by atomic mass is 9.99. The van der Waals surface area contributed by atoms with Gasteiger partial charge in [0.1, 0.15) is 0 Å². The van der Waals surface area contributed by atoms with Gasteiger partial charge in [-0.3, -0.25) is 4.79 Å². The number of carbonyl (C=O) groups is 1. The Morgan fingerprint density at radius 2 is 1.79 bits per heavy atom. The fourth-order valence-corrected chi connectivity index (χ4v) is 3.85. The molecule has 4 rings (SSSR count). The van der Waals surface area contributed by atoms with Gasteiger partial charge in [0, 0.05) is 60.2 Å². The average Bonchev–Trinajstić information content (AvgIpc) is 2.74. The summed E-state index contributed by atoms with van der Waals surface area (Å²) in [5.41, 5.74) is 11.6. The van der Waals surface area contributed by atoms with E-state index < -0.39 is 0 Å². The van der Waals surface area contributed by atoms with Crippen molar-refractivity contribution in [3.8, 4) is 11.3 Å². The Labute approximate surface area is 170 Å². The molecular weight excluding hydrogens is 362 g/mol. The molecule has 6 nitrogen and oxygen atoms in total. The molecule has 29 heavy (non-hydrogen) atoms. The number of anilines is 1. The molecule has 0 saturated carbocycles. The summed E-state index contributed by atoms with van der Waals surface area (Å²) in [4.78, 5) is 21.7. The van der Waals surface area contributed by atoms with E-state index in [9.17, 15) is 4.79 Å². The maximum absolute atomic E-state index is 12.7. The molecule has 0 spiro atoms. The van der Waals surface area contributed by atoms with E-state index in [0.717, 1.165) is 53.9 Å². The monoisotopic (exact) mass is 387 g/mol. The van der Waals surface area contributed by atoms with E-state index in [4.69, 9.17) is 16.1 Å². The molecule has 2 aromatic carbocycles. The largest absolute Gasteiger partial charge is 0.398 e. The Kier molecular flexibility index (Phi) is 5.03. The highest BCUT2D eigenvalue weighted by Gasteiger charge is 2.20. The summed E-state index contributed by atoms with van der Waals surface area (Å²) in [6, 6.07) is 13.3. The van der Waals surface area contributed by atoms with Gasteiger partial charge < -0.3 is 20.9 Å². The number of hydrogen-bond acceptors (Lipinski definition) is 5. The Hall–Kier alpha value is -3.25. The molecule has 0 atom stereocenters. The number of piperazine rings is 1. The fourth-order valence-electron chi connectivity index (χ4n) is 3.85. The number of nitrogens with one attached hydrogen (secondary N) is 1. The fraction of sp³-hybridized carbons (Fsp3) is 0.261. The van der Waals surface area contributed by atoms with Crippen LogP contribution in [0.25, 0.3) is 22.2 Å². The van der Waals surface area contributed by atoms with Crippen LogP contribution in [-0.2, 0) is 0 Å². The summed E-state index contributed by atoms with van der Waals surface area (Å²) in [6.45, 7) is 5.35. The number of hydrogen-bond donors (Lipinski definition) is 2. The zero-order chi connectivity index (χ0) is 20.5. The Morgan fingerprint density at radius 3 is 2.45 bits per heavy atom. The molecule has 1 fully saturated rings. The quantitative estimate of drug-likeness (QED) is 0.534. The number of aromatic nitrogens is 1. The van der Waals surface area contributed by atoms with Crippen molar-refractivity contribution in [1.29, 1.82) is 5.41 Å². The van der Waals surface area contributed by atoms with E-state index >= 15 is 0 Å². The molecule has 2 heterocycles. The van der Waals surface area contributed by atoms with Crippen molar-refractivity contribution in [3.63, 3.8) is 0 Å². The first kappa shape index (κ1) is 19.1. The van der Waals surface area contributed by atoms with Crippen LogP contribution >= 0.6 is 0 Å². The molecule has 3 aromatic rings. The summed E-state index contributed by atoms with van der Waals surface area (Å²) in [7, 11) is 2.08. The molecule has 0 aliphatic carbocycles. The predicted molar refractivity (Wildman–Crippen MR) is 118 cm³/mol. The first-order valence-corrected chi connectivity index (χ1v) is 9.76. The summed E-state index contributed by atoms with van der Waals surface area (Å²) in [5, 5.41) is 8.58. The smallest absolute Gasteiger partial charge is 0.253 e. The molecule has 1 aromatic heterocycles. The SMILES string of the molecule is Cc1cc(-c2ccc(C(=O)N3CCN(C)CC3)cc2)nc2ccc(N)c(C=N)c12. The minimum Gasteiger partial charge on any atom is -0.398 e. The van der Waals surface area contributed by atoms with Gasteiger partial charge in [-0.2, -0.15) is 0 Å². The van der Waals surface area contributed by atoms with Crippen molar-refractivity contribution in [3.05, 3.63) is 59.2 Å². The third-order valence-electron chi connectivity index (χ3n) is 5.61. The van der Waals surface area contributed by atoms with E-state index in [0.29, 0.717) is 16.8 Å². The average molecular weight is 387 g/mol.